The van der Waals surface area contributed by atoms with Gasteiger partial charge in [-0.1, -0.05) is 18.9 Å². The summed E-state index contributed by atoms with van der Waals surface area (Å²) in [6.45, 7) is 2.82. The summed E-state index contributed by atoms with van der Waals surface area (Å²) >= 11 is 0. The molecule has 0 spiro atoms. The fourth-order valence-corrected chi connectivity index (χ4v) is 0.244. The van der Waals surface area contributed by atoms with Crippen molar-refractivity contribution in [2.45, 2.75) is 38.6 Å². The van der Waals surface area contributed by atoms with E-state index in [9.17, 15) is 0 Å². The molecule has 13 heavy (non-hydrogen) atoms. The SMILES string of the molecule is CCC(O)(O)OOOC(O)(O)CC. The zero-order valence-corrected chi connectivity index (χ0v) is 7.43. The first-order valence-corrected chi connectivity index (χ1v) is 3.76. The molecule has 0 atom stereocenters. The number of hydrogen-bond acceptors (Lipinski definition) is 7. The molecule has 0 aliphatic heterocycles. The van der Waals surface area contributed by atoms with Gasteiger partial charge in [0.1, 0.15) is 0 Å². The van der Waals surface area contributed by atoms with Crippen molar-refractivity contribution in [3.05, 3.63) is 0 Å². The Hall–Kier alpha value is -0.280. The van der Waals surface area contributed by atoms with Crippen LogP contribution in [0.25, 0.3) is 0 Å². The van der Waals surface area contributed by atoms with Gasteiger partial charge in [0.15, 0.2) is 0 Å². The summed E-state index contributed by atoms with van der Waals surface area (Å²) < 4.78 is 0. The Kier molecular flexibility index (Phi) is 4.71. The minimum Gasteiger partial charge on any atom is -0.342 e. The Morgan fingerprint density at radius 3 is 1.38 bits per heavy atom. The Bertz CT molecular complexity index is 128. The molecule has 7 heteroatoms. The maximum Gasteiger partial charge on any atom is 0.310 e. The van der Waals surface area contributed by atoms with Crippen LogP contribution in [0.5, 0.6) is 0 Å². The van der Waals surface area contributed by atoms with Gasteiger partial charge in [0, 0.05) is 12.8 Å². The van der Waals surface area contributed by atoms with Crippen LogP contribution in [0.1, 0.15) is 26.7 Å². The number of hydrogen-bond donors (Lipinski definition) is 4. The normalized spacial score (nSPS) is 13.4. The van der Waals surface area contributed by atoms with E-state index in [1.165, 1.54) is 13.8 Å². The molecule has 0 fully saturated rings. The maximum atomic E-state index is 8.76. The Morgan fingerprint density at radius 2 is 1.15 bits per heavy atom. The molecule has 0 saturated heterocycles. The zero-order valence-electron chi connectivity index (χ0n) is 7.43. The van der Waals surface area contributed by atoms with Gasteiger partial charge in [-0.3, -0.25) is 0 Å². The Morgan fingerprint density at radius 1 is 0.846 bits per heavy atom. The lowest BCUT2D eigenvalue weighted by atomic mass is 10.4. The molecule has 7 nitrogen and oxygen atoms in total. The van der Waals surface area contributed by atoms with Crippen LogP contribution in [0.2, 0.25) is 0 Å². The molecule has 0 bridgehead atoms. The summed E-state index contributed by atoms with van der Waals surface area (Å²) in [6, 6.07) is 0. The topological polar surface area (TPSA) is 109 Å². The third-order valence-electron chi connectivity index (χ3n) is 1.26. The van der Waals surface area contributed by atoms with Crippen LogP contribution in [-0.2, 0) is 14.8 Å². The molecule has 0 aliphatic rings. The molecule has 0 amide bonds. The first kappa shape index (κ1) is 12.7. The molecular formula is C6H14O7. The highest BCUT2D eigenvalue weighted by Gasteiger charge is 2.28. The fourth-order valence-electron chi connectivity index (χ4n) is 0.244. The van der Waals surface area contributed by atoms with Gasteiger partial charge in [0.2, 0.25) is 0 Å². The van der Waals surface area contributed by atoms with Crippen molar-refractivity contribution in [2.75, 3.05) is 0 Å². The van der Waals surface area contributed by atoms with Crippen molar-refractivity contribution in [1.82, 2.24) is 0 Å². The standard InChI is InChI=1S/C6H14O7/c1-3-5(7,8)11-13-12-6(9,10)4-2/h7-10H,3-4H2,1-2H3. The highest BCUT2D eigenvalue weighted by molar-refractivity contribution is 4.40. The average Bonchev–Trinajstić information content (AvgIpc) is 2.04. The van der Waals surface area contributed by atoms with E-state index >= 15 is 0 Å². The van der Waals surface area contributed by atoms with Gasteiger partial charge in [-0.2, -0.15) is 0 Å². The van der Waals surface area contributed by atoms with Crippen molar-refractivity contribution in [3.63, 3.8) is 0 Å². The highest BCUT2D eigenvalue weighted by atomic mass is 17.5. The second-order valence-electron chi connectivity index (χ2n) is 2.43. The van der Waals surface area contributed by atoms with Gasteiger partial charge in [0.25, 0.3) is 0 Å². The largest absolute Gasteiger partial charge is 0.342 e. The van der Waals surface area contributed by atoms with Gasteiger partial charge < -0.3 is 20.4 Å². The quantitative estimate of drug-likeness (QED) is 0.245. The molecule has 0 aromatic carbocycles. The lowest BCUT2D eigenvalue weighted by molar-refractivity contribution is -0.655. The summed E-state index contributed by atoms with van der Waals surface area (Å²) in [5.41, 5.74) is 0. The van der Waals surface area contributed by atoms with Crippen LogP contribution in [0, 0.1) is 0 Å². The van der Waals surface area contributed by atoms with Gasteiger partial charge in [-0.25, -0.2) is 0 Å². The van der Waals surface area contributed by atoms with Crippen molar-refractivity contribution in [2.24, 2.45) is 0 Å². The molecule has 0 heterocycles. The molecule has 0 rings (SSSR count). The minimum absolute atomic E-state index is 0.174. The van der Waals surface area contributed by atoms with Crippen LogP contribution in [-0.4, -0.2) is 32.4 Å². The summed E-state index contributed by atoms with van der Waals surface area (Å²) in [5, 5.41) is 38.8. The van der Waals surface area contributed by atoms with Crippen LogP contribution >= 0.6 is 0 Å². The van der Waals surface area contributed by atoms with Crippen LogP contribution in [0.3, 0.4) is 0 Å². The van der Waals surface area contributed by atoms with E-state index in [1.807, 2.05) is 0 Å². The molecule has 0 saturated carbocycles. The smallest absolute Gasteiger partial charge is 0.310 e. The minimum atomic E-state index is -2.51. The predicted molar refractivity (Wildman–Crippen MR) is 38.2 cm³/mol. The molecule has 80 valence electrons. The van der Waals surface area contributed by atoms with E-state index in [0.29, 0.717) is 0 Å². The summed E-state index contributed by atoms with van der Waals surface area (Å²) in [4.78, 5) is 7.77. The van der Waals surface area contributed by atoms with Crippen LogP contribution in [0.15, 0.2) is 0 Å². The van der Waals surface area contributed by atoms with Crippen molar-refractivity contribution in [3.8, 4) is 0 Å². The summed E-state index contributed by atoms with van der Waals surface area (Å²) in [7, 11) is 0. The molecular weight excluding hydrogens is 184 g/mol. The first-order valence-electron chi connectivity index (χ1n) is 3.76. The van der Waals surface area contributed by atoms with Gasteiger partial charge in [-0.15, -0.1) is 9.78 Å². The lowest BCUT2D eigenvalue weighted by Crippen LogP contribution is -2.35. The van der Waals surface area contributed by atoms with E-state index in [4.69, 9.17) is 20.4 Å². The molecule has 4 N–H and O–H groups in total. The molecule has 0 aliphatic carbocycles. The zero-order chi connectivity index (χ0) is 10.5. The van der Waals surface area contributed by atoms with Gasteiger partial charge in [-0.05, 0) is 0 Å². The first-order chi connectivity index (χ1) is 5.83. The third kappa shape index (κ3) is 5.88. The summed E-state index contributed by atoms with van der Waals surface area (Å²) in [6.07, 6.45) is -0.349. The molecule has 0 aromatic heterocycles. The number of rotatable bonds is 6. The van der Waals surface area contributed by atoms with Crippen molar-refractivity contribution >= 4 is 0 Å². The van der Waals surface area contributed by atoms with Gasteiger partial charge in [0.05, 0.1) is 0 Å². The Balaban J connectivity index is 3.68. The molecule has 0 unspecified atom stereocenters. The lowest BCUT2D eigenvalue weighted by Gasteiger charge is -2.21. The monoisotopic (exact) mass is 198 g/mol. The van der Waals surface area contributed by atoms with E-state index < -0.39 is 11.9 Å². The van der Waals surface area contributed by atoms with Crippen molar-refractivity contribution < 1.29 is 35.2 Å². The Labute approximate surface area is 74.9 Å². The van der Waals surface area contributed by atoms with Gasteiger partial charge >= 0.3 is 11.9 Å². The van der Waals surface area contributed by atoms with Crippen LogP contribution in [0.4, 0.5) is 0 Å². The highest BCUT2D eigenvalue weighted by Crippen LogP contribution is 2.12. The van der Waals surface area contributed by atoms with E-state index in [2.05, 4.69) is 14.8 Å². The van der Waals surface area contributed by atoms with E-state index in [1.54, 1.807) is 0 Å². The summed E-state index contributed by atoms with van der Waals surface area (Å²) in [5.74, 6) is -5.02. The van der Waals surface area contributed by atoms with E-state index in [-0.39, 0.29) is 12.8 Å². The number of aliphatic hydroxyl groups is 4. The fraction of sp³-hybridized carbons (Fsp3) is 1.00. The predicted octanol–water partition coefficient (Wildman–Crippen LogP) is -1.04. The van der Waals surface area contributed by atoms with Crippen molar-refractivity contribution in [1.29, 1.82) is 0 Å². The molecule has 0 radical (unpaired) electrons. The molecule has 0 aromatic rings. The average molecular weight is 198 g/mol. The maximum absolute atomic E-state index is 8.76. The third-order valence-corrected chi connectivity index (χ3v) is 1.26. The van der Waals surface area contributed by atoms with Crippen LogP contribution < -0.4 is 0 Å². The van der Waals surface area contributed by atoms with E-state index in [0.717, 1.165) is 0 Å². The second-order valence-corrected chi connectivity index (χ2v) is 2.43. The second kappa shape index (κ2) is 4.82.